The molecule has 0 aliphatic heterocycles. The van der Waals surface area contributed by atoms with Crippen LogP contribution in [0.1, 0.15) is 41.5 Å². The molecule has 1 atom stereocenters. The van der Waals surface area contributed by atoms with Gasteiger partial charge in [-0.15, -0.1) is 0 Å². The van der Waals surface area contributed by atoms with E-state index in [2.05, 4.69) is 10.0 Å². The summed E-state index contributed by atoms with van der Waals surface area (Å²) in [6.45, 7) is 0.710. The Balaban J connectivity index is 1.31. The van der Waals surface area contributed by atoms with Crippen LogP contribution >= 0.6 is 0 Å². The Morgan fingerprint density at radius 2 is 1.37 bits per heavy atom. The number of methoxy groups -OCH3 is 1. The normalized spacial score (nSPS) is 13.5. The van der Waals surface area contributed by atoms with Gasteiger partial charge in [0.05, 0.1) is 12.0 Å². The van der Waals surface area contributed by atoms with E-state index in [0.29, 0.717) is 25.8 Å². The minimum Gasteiger partial charge on any atom is -0.497 e. The smallest absolute Gasteiger partial charge is 0.243 e. The first-order valence-electron chi connectivity index (χ1n) is 15.7. The summed E-state index contributed by atoms with van der Waals surface area (Å²) in [6, 6.07) is 33.1. The van der Waals surface area contributed by atoms with Crippen molar-refractivity contribution in [3.8, 4) is 5.75 Å². The largest absolute Gasteiger partial charge is 0.497 e. The van der Waals surface area contributed by atoms with Crippen LogP contribution in [0.5, 0.6) is 5.75 Å². The highest BCUT2D eigenvalue weighted by Gasteiger charge is 2.30. The van der Waals surface area contributed by atoms with Gasteiger partial charge < -0.3 is 15.0 Å². The van der Waals surface area contributed by atoms with Crippen LogP contribution < -0.4 is 14.8 Å². The van der Waals surface area contributed by atoms with Gasteiger partial charge in [-0.1, -0.05) is 84.9 Å². The van der Waals surface area contributed by atoms with Gasteiger partial charge in [0.1, 0.15) is 11.8 Å². The van der Waals surface area contributed by atoms with E-state index in [1.807, 2.05) is 84.9 Å². The van der Waals surface area contributed by atoms with Crippen LogP contribution in [0, 0.1) is 0 Å². The molecule has 0 heterocycles. The number of hydrogen-bond acceptors (Lipinski definition) is 5. The molecule has 1 saturated carbocycles. The molecule has 240 valence electrons. The Hall–Kier alpha value is -4.47. The Morgan fingerprint density at radius 1 is 0.783 bits per heavy atom. The molecular formula is C37H41N3O5S. The minimum absolute atomic E-state index is 0.0290. The number of sulfonamides is 1. The first kappa shape index (κ1) is 32.9. The quantitative estimate of drug-likeness (QED) is 0.178. The number of amides is 2. The third kappa shape index (κ3) is 9.52. The fraction of sp³-hybridized carbons (Fsp3) is 0.297. The molecule has 4 aromatic rings. The Morgan fingerprint density at radius 3 is 1.98 bits per heavy atom. The molecule has 4 aromatic carbocycles. The molecule has 0 aromatic heterocycles. The van der Waals surface area contributed by atoms with E-state index >= 15 is 0 Å². The lowest BCUT2D eigenvalue weighted by molar-refractivity contribution is -0.141. The van der Waals surface area contributed by atoms with Gasteiger partial charge in [-0.3, -0.25) is 9.59 Å². The summed E-state index contributed by atoms with van der Waals surface area (Å²) in [4.78, 5) is 29.8. The van der Waals surface area contributed by atoms with Gasteiger partial charge in [0, 0.05) is 32.0 Å². The van der Waals surface area contributed by atoms with Crippen molar-refractivity contribution in [2.45, 2.75) is 62.0 Å². The maximum absolute atomic E-state index is 14.0. The molecule has 0 spiro atoms. The van der Waals surface area contributed by atoms with E-state index in [1.165, 1.54) is 0 Å². The summed E-state index contributed by atoms with van der Waals surface area (Å²) in [5.74, 6) is 0.416. The molecule has 1 aliphatic carbocycles. The molecule has 5 rings (SSSR count). The highest BCUT2D eigenvalue weighted by Crippen LogP contribution is 2.23. The zero-order chi connectivity index (χ0) is 32.4. The molecule has 46 heavy (non-hydrogen) atoms. The van der Waals surface area contributed by atoms with Crippen molar-refractivity contribution in [2.24, 2.45) is 0 Å². The summed E-state index contributed by atoms with van der Waals surface area (Å²) < 4.78 is 33.1. The van der Waals surface area contributed by atoms with Crippen molar-refractivity contribution >= 4 is 21.8 Å². The second-order valence-corrected chi connectivity index (χ2v) is 13.4. The number of carbonyl (C=O) groups excluding carboxylic acids is 2. The van der Waals surface area contributed by atoms with Gasteiger partial charge in [0.15, 0.2) is 0 Å². The second kappa shape index (κ2) is 15.7. The summed E-state index contributed by atoms with van der Waals surface area (Å²) in [6.07, 6.45) is 3.33. The van der Waals surface area contributed by atoms with E-state index < -0.39 is 16.1 Å². The van der Waals surface area contributed by atoms with Gasteiger partial charge in [0.2, 0.25) is 21.8 Å². The van der Waals surface area contributed by atoms with Crippen LogP contribution in [0.3, 0.4) is 0 Å². The van der Waals surface area contributed by atoms with Gasteiger partial charge in [-0.05, 0) is 72.2 Å². The SMILES string of the molecule is COc1ccc(CCNC(=O)[C@@H](Cc2ccccc2)N(Cc2ccccc2)C(=O)CCc2ccc(S(=O)(=O)NC3CC3)cc2)cc1. The van der Waals surface area contributed by atoms with E-state index in [1.54, 1.807) is 36.3 Å². The molecule has 8 nitrogen and oxygen atoms in total. The highest BCUT2D eigenvalue weighted by molar-refractivity contribution is 7.89. The van der Waals surface area contributed by atoms with E-state index in [9.17, 15) is 18.0 Å². The standard InChI is InChI=1S/C37H41N3O5S/c1-45-33-19-12-29(13-20-33)24-25-38-37(42)35(26-30-8-4-2-5-9-30)40(27-31-10-6-3-7-11-31)36(41)23-16-28-14-21-34(22-15-28)46(43,44)39-32-17-18-32/h2-15,19-22,32,35,39H,16-18,23-27H2,1H3,(H,38,42)/t35-/m1/s1. The number of nitrogens with one attached hydrogen (secondary N) is 2. The Bertz CT molecular complexity index is 1670. The van der Waals surface area contributed by atoms with Crippen LogP contribution in [0.15, 0.2) is 114 Å². The number of carbonyl (C=O) groups is 2. The van der Waals surface area contributed by atoms with Crippen LogP contribution in [-0.4, -0.2) is 50.9 Å². The third-order valence-electron chi connectivity index (χ3n) is 8.10. The number of ether oxygens (including phenoxy) is 1. The monoisotopic (exact) mass is 639 g/mol. The molecule has 2 amide bonds. The molecule has 0 saturated heterocycles. The fourth-order valence-corrected chi connectivity index (χ4v) is 6.60. The van der Waals surface area contributed by atoms with Gasteiger partial charge in [-0.2, -0.15) is 0 Å². The van der Waals surface area contributed by atoms with E-state index in [-0.39, 0.29) is 35.7 Å². The lowest BCUT2D eigenvalue weighted by Gasteiger charge is -2.31. The van der Waals surface area contributed by atoms with Crippen molar-refractivity contribution in [1.29, 1.82) is 0 Å². The molecule has 0 radical (unpaired) electrons. The number of benzene rings is 4. The van der Waals surface area contributed by atoms with Crippen molar-refractivity contribution in [1.82, 2.24) is 14.9 Å². The summed E-state index contributed by atoms with van der Waals surface area (Å²) in [7, 11) is -1.92. The summed E-state index contributed by atoms with van der Waals surface area (Å²) >= 11 is 0. The average Bonchev–Trinajstić information content (AvgIpc) is 3.90. The predicted octanol–water partition coefficient (Wildman–Crippen LogP) is 5.07. The van der Waals surface area contributed by atoms with Crippen LogP contribution in [0.25, 0.3) is 0 Å². The van der Waals surface area contributed by atoms with Crippen LogP contribution in [0.2, 0.25) is 0 Å². The lowest BCUT2D eigenvalue weighted by atomic mass is 10.0. The fourth-order valence-electron chi connectivity index (χ4n) is 5.29. The second-order valence-electron chi connectivity index (χ2n) is 11.6. The zero-order valence-electron chi connectivity index (χ0n) is 26.1. The lowest BCUT2D eigenvalue weighted by Crippen LogP contribution is -2.50. The number of nitrogens with zero attached hydrogens (tertiary/aromatic N) is 1. The third-order valence-corrected chi connectivity index (χ3v) is 9.64. The first-order valence-corrected chi connectivity index (χ1v) is 17.2. The molecule has 2 N–H and O–H groups in total. The molecule has 9 heteroatoms. The van der Waals surface area contributed by atoms with Crippen LogP contribution in [0.4, 0.5) is 0 Å². The Kier molecular flexibility index (Phi) is 11.2. The average molecular weight is 640 g/mol. The number of hydrogen-bond donors (Lipinski definition) is 2. The van der Waals surface area contributed by atoms with E-state index in [4.69, 9.17) is 4.74 Å². The van der Waals surface area contributed by atoms with Gasteiger partial charge in [-0.25, -0.2) is 13.1 Å². The first-order chi connectivity index (χ1) is 22.3. The molecule has 1 fully saturated rings. The highest BCUT2D eigenvalue weighted by atomic mass is 32.2. The Labute approximate surface area is 271 Å². The van der Waals surface area contributed by atoms with E-state index in [0.717, 1.165) is 40.8 Å². The molecule has 1 aliphatic rings. The molecule has 0 unspecified atom stereocenters. The minimum atomic E-state index is -3.55. The molecular weight excluding hydrogens is 598 g/mol. The maximum atomic E-state index is 14.0. The van der Waals surface area contributed by atoms with Crippen molar-refractivity contribution < 1.29 is 22.7 Å². The van der Waals surface area contributed by atoms with Gasteiger partial charge >= 0.3 is 0 Å². The van der Waals surface area contributed by atoms with Crippen molar-refractivity contribution in [3.05, 3.63) is 131 Å². The summed E-state index contributed by atoms with van der Waals surface area (Å²) in [5, 5.41) is 3.09. The zero-order valence-corrected chi connectivity index (χ0v) is 26.9. The summed E-state index contributed by atoms with van der Waals surface area (Å²) in [5.41, 5.74) is 3.81. The maximum Gasteiger partial charge on any atom is 0.243 e. The molecule has 0 bridgehead atoms. The van der Waals surface area contributed by atoms with Crippen LogP contribution in [-0.2, 0) is 45.4 Å². The number of rotatable bonds is 16. The topological polar surface area (TPSA) is 105 Å². The van der Waals surface area contributed by atoms with Crippen molar-refractivity contribution in [3.63, 3.8) is 0 Å². The number of aryl methyl sites for hydroxylation is 1. The van der Waals surface area contributed by atoms with Gasteiger partial charge in [0.25, 0.3) is 0 Å². The predicted molar refractivity (Wildman–Crippen MR) is 179 cm³/mol. The van der Waals surface area contributed by atoms with Crippen molar-refractivity contribution in [2.75, 3.05) is 13.7 Å².